The molecule has 4 aliphatic rings. The molecule has 2 N–H and O–H groups in total. The van der Waals surface area contributed by atoms with Crippen molar-refractivity contribution in [3.63, 3.8) is 0 Å². The van der Waals surface area contributed by atoms with E-state index in [0.717, 1.165) is 25.7 Å². The molecule has 1 saturated heterocycles. The molecule has 3 saturated carbocycles. The number of cyclic esters (lactones) is 1. The van der Waals surface area contributed by atoms with Gasteiger partial charge in [-0.15, -0.1) is 0 Å². The van der Waals surface area contributed by atoms with Crippen LogP contribution in [-0.2, 0) is 9.53 Å². The van der Waals surface area contributed by atoms with Gasteiger partial charge in [0, 0.05) is 6.42 Å². The Morgan fingerprint density at radius 1 is 1.16 bits per heavy atom. The number of fused-ring (bicyclic) bond motifs is 1. The number of rotatable bonds is 4. The fourth-order valence-corrected chi connectivity index (χ4v) is 7.42. The average Bonchev–Trinajstić information content (AvgIpc) is 3.17. The van der Waals surface area contributed by atoms with E-state index in [2.05, 4.69) is 32.9 Å². The summed E-state index contributed by atoms with van der Waals surface area (Å²) in [7, 11) is 0. The second-order valence-corrected chi connectivity index (χ2v) is 11.6. The SMILES string of the molecule is C[C@H](C[C@H]1C[C@@](C)(O)C(=O)O1)[C@H]1CC[C@H]2/C(=C/C=C3C[C@@H](O)CC[C@@H]3C)CCC[C@]12C. The molecule has 31 heavy (non-hydrogen) atoms. The molecule has 0 unspecified atom stereocenters. The predicted octanol–water partition coefficient (Wildman–Crippen LogP) is 5.33. The first-order chi connectivity index (χ1) is 14.6. The molecule has 8 atom stereocenters. The van der Waals surface area contributed by atoms with Crippen LogP contribution in [0.2, 0.25) is 0 Å². The number of hydrogen-bond acceptors (Lipinski definition) is 4. The van der Waals surface area contributed by atoms with Gasteiger partial charge in [-0.2, -0.15) is 0 Å². The normalized spacial score (nSPS) is 46.9. The summed E-state index contributed by atoms with van der Waals surface area (Å²) in [5, 5.41) is 20.3. The van der Waals surface area contributed by atoms with Crippen molar-refractivity contribution in [2.45, 2.75) is 110 Å². The molecule has 4 nitrogen and oxygen atoms in total. The zero-order chi connectivity index (χ0) is 22.4. The van der Waals surface area contributed by atoms with E-state index in [1.165, 1.54) is 37.7 Å². The topological polar surface area (TPSA) is 66.8 Å². The molecule has 1 heterocycles. The summed E-state index contributed by atoms with van der Waals surface area (Å²) in [4.78, 5) is 11.9. The van der Waals surface area contributed by atoms with Gasteiger partial charge in [0.15, 0.2) is 5.60 Å². The maximum absolute atomic E-state index is 11.9. The molecule has 0 bridgehead atoms. The molecule has 0 aromatic rings. The van der Waals surface area contributed by atoms with Crippen molar-refractivity contribution in [1.82, 2.24) is 0 Å². The standard InChI is InChI=1S/C27H42O4/c1-17-7-10-21(28)15-20(17)9-8-19-6-5-13-26(3)23(11-12-24(19)26)18(2)14-22-16-27(4,30)25(29)31-22/h8-9,17-18,21-24,28,30H,5-7,10-16H2,1-4H3/b19-8+,20-9?/t17-,18+,21-,22-,23+,24-,26+,27+/m0/s1. The number of aliphatic hydroxyl groups is 2. The molecule has 0 radical (unpaired) electrons. The molecule has 0 aromatic heterocycles. The van der Waals surface area contributed by atoms with Crippen molar-refractivity contribution in [3.8, 4) is 0 Å². The number of carbonyl (C=O) groups excluding carboxylic acids is 1. The van der Waals surface area contributed by atoms with Crippen LogP contribution in [0.3, 0.4) is 0 Å². The van der Waals surface area contributed by atoms with E-state index < -0.39 is 11.6 Å². The lowest BCUT2D eigenvalue weighted by Crippen LogP contribution is -2.36. The van der Waals surface area contributed by atoms with Gasteiger partial charge in [-0.25, -0.2) is 4.79 Å². The lowest BCUT2D eigenvalue weighted by molar-refractivity contribution is -0.154. The van der Waals surface area contributed by atoms with Crippen molar-refractivity contribution in [3.05, 3.63) is 23.3 Å². The molecular formula is C27H42O4. The number of aliphatic hydroxyl groups excluding tert-OH is 1. The summed E-state index contributed by atoms with van der Waals surface area (Å²) < 4.78 is 5.49. The minimum atomic E-state index is -1.31. The van der Waals surface area contributed by atoms with Gasteiger partial charge in [-0.3, -0.25) is 0 Å². The summed E-state index contributed by atoms with van der Waals surface area (Å²) in [6.07, 6.45) is 14.8. The minimum absolute atomic E-state index is 0.150. The third-order valence-electron chi connectivity index (χ3n) is 9.25. The first kappa shape index (κ1) is 23.0. The Morgan fingerprint density at radius 3 is 2.61 bits per heavy atom. The van der Waals surface area contributed by atoms with Gasteiger partial charge in [-0.1, -0.05) is 44.1 Å². The van der Waals surface area contributed by atoms with Gasteiger partial charge in [-0.05, 0) is 93.8 Å². The second-order valence-electron chi connectivity index (χ2n) is 11.6. The van der Waals surface area contributed by atoms with Crippen molar-refractivity contribution in [2.24, 2.45) is 29.1 Å². The van der Waals surface area contributed by atoms with Crippen molar-refractivity contribution in [1.29, 1.82) is 0 Å². The van der Waals surface area contributed by atoms with E-state index in [4.69, 9.17) is 4.74 Å². The molecule has 4 fully saturated rings. The average molecular weight is 431 g/mol. The van der Waals surface area contributed by atoms with E-state index in [1.54, 1.807) is 12.5 Å². The first-order valence-electron chi connectivity index (χ1n) is 12.6. The third kappa shape index (κ3) is 4.53. The van der Waals surface area contributed by atoms with Crippen LogP contribution in [0.4, 0.5) is 0 Å². The minimum Gasteiger partial charge on any atom is -0.460 e. The zero-order valence-corrected chi connectivity index (χ0v) is 19.9. The smallest absolute Gasteiger partial charge is 0.338 e. The lowest BCUT2D eigenvalue weighted by atomic mass is 9.60. The fourth-order valence-electron chi connectivity index (χ4n) is 7.42. The number of allylic oxidation sites excluding steroid dienone is 3. The first-order valence-corrected chi connectivity index (χ1v) is 12.6. The maximum Gasteiger partial charge on any atom is 0.338 e. The number of esters is 1. The van der Waals surface area contributed by atoms with Crippen molar-refractivity contribution >= 4 is 5.97 Å². The van der Waals surface area contributed by atoms with Crippen LogP contribution < -0.4 is 0 Å². The summed E-state index contributed by atoms with van der Waals surface area (Å²) in [6.45, 7) is 8.69. The van der Waals surface area contributed by atoms with E-state index in [0.29, 0.717) is 35.5 Å². The summed E-state index contributed by atoms with van der Waals surface area (Å²) in [5.41, 5.74) is 2.02. The Bertz CT molecular complexity index is 750. The predicted molar refractivity (Wildman–Crippen MR) is 122 cm³/mol. The van der Waals surface area contributed by atoms with E-state index in [-0.39, 0.29) is 12.2 Å². The van der Waals surface area contributed by atoms with Gasteiger partial charge >= 0.3 is 5.97 Å². The molecule has 4 rings (SSSR count). The summed E-state index contributed by atoms with van der Waals surface area (Å²) >= 11 is 0. The number of hydrogen-bond donors (Lipinski definition) is 2. The van der Waals surface area contributed by atoms with Gasteiger partial charge in [0.2, 0.25) is 0 Å². The van der Waals surface area contributed by atoms with Crippen LogP contribution in [0.1, 0.15) is 91.9 Å². The van der Waals surface area contributed by atoms with Gasteiger partial charge < -0.3 is 14.9 Å². The highest BCUT2D eigenvalue weighted by Crippen LogP contribution is 2.60. The lowest BCUT2D eigenvalue weighted by Gasteiger charge is -2.44. The summed E-state index contributed by atoms with van der Waals surface area (Å²) in [5.74, 6) is 1.88. The van der Waals surface area contributed by atoms with Gasteiger partial charge in [0.1, 0.15) is 6.10 Å². The summed E-state index contributed by atoms with van der Waals surface area (Å²) in [6, 6.07) is 0. The van der Waals surface area contributed by atoms with Crippen LogP contribution in [-0.4, -0.2) is 34.0 Å². The zero-order valence-electron chi connectivity index (χ0n) is 19.9. The highest BCUT2D eigenvalue weighted by atomic mass is 16.6. The highest BCUT2D eigenvalue weighted by Gasteiger charge is 2.52. The van der Waals surface area contributed by atoms with E-state index >= 15 is 0 Å². The molecule has 4 heteroatoms. The Hall–Kier alpha value is -1.13. The number of ether oxygens (including phenoxy) is 1. The van der Waals surface area contributed by atoms with Crippen LogP contribution in [0.25, 0.3) is 0 Å². The second kappa shape index (κ2) is 8.67. The Labute approximate surface area is 188 Å². The largest absolute Gasteiger partial charge is 0.460 e. The third-order valence-corrected chi connectivity index (χ3v) is 9.25. The van der Waals surface area contributed by atoms with Gasteiger partial charge in [0.05, 0.1) is 6.10 Å². The molecule has 0 aromatic carbocycles. The Morgan fingerprint density at radius 2 is 1.90 bits per heavy atom. The van der Waals surface area contributed by atoms with Crippen molar-refractivity contribution in [2.75, 3.05) is 0 Å². The Balaban J connectivity index is 1.46. The molecule has 0 spiro atoms. The molecule has 1 aliphatic heterocycles. The van der Waals surface area contributed by atoms with Crippen LogP contribution >= 0.6 is 0 Å². The van der Waals surface area contributed by atoms with Crippen LogP contribution in [0.15, 0.2) is 23.3 Å². The van der Waals surface area contributed by atoms with Crippen molar-refractivity contribution < 1.29 is 19.7 Å². The monoisotopic (exact) mass is 430 g/mol. The maximum atomic E-state index is 11.9. The highest BCUT2D eigenvalue weighted by molar-refractivity contribution is 5.80. The molecule has 3 aliphatic carbocycles. The number of carbonyl (C=O) groups is 1. The molecular weight excluding hydrogens is 388 g/mol. The Kier molecular flexibility index (Phi) is 6.44. The van der Waals surface area contributed by atoms with E-state index in [9.17, 15) is 15.0 Å². The quantitative estimate of drug-likeness (QED) is 0.592. The van der Waals surface area contributed by atoms with Crippen LogP contribution in [0, 0.1) is 29.1 Å². The molecule has 0 amide bonds. The molecule has 174 valence electrons. The van der Waals surface area contributed by atoms with E-state index in [1.807, 2.05) is 0 Å². The fraction of sp³-hybridized carbons (Fsp3) is 0.815. The van der Waals surface area contributed by atoms with Crippen LogP contribution in [0.5, 0.6) is 0 Å². The van der Waals surface area contributed by atoms with Gasteiger partial charge in [0.25, 0.3) is 0 Å².